The van der Waals surface area contributed by atoms with Gasteiger partial charge in [0.25, 0.3) is 0 Å². The van der Waals surface area contributed by atoms with Crippen LogP contribution in [0.5, 0.6) is 0 Å². The molecule has 0 spiro atoms. The van der Waals surface area contributed by atoms with Gasteiger partial charge in [-0.3, -0.25) is 9.48 Å². The monoisotopic (exact) mass is 223 g/mol. The zero-order valence-corrected chi connectivity index (χ0v) is 8.13. The third-order valence-corrected chi connectivity index (χ3v) is 1.75. The van der Waals surface area contributed by atoms with Crippen LogP contribution < -0.4 is 5.43 Å². The molecule has 7 nitrogen and oxygen atoms in total. The van der Waals surface area contributed by atoms with Crippen LogP contribution in [0.3, 0.4) is 0 Å². The average Bonchev–Trinajstić information content (AvgIpc) is 2.65. The van der Waals surface area contributed by atoms with E-state index in [0.29, 0.717) is 0 Å². The summed E-state index contributed by atoms with van der Waals surface area (Å²) in [7, 11) is 1.54. The molecule has 0 aliphatic carbocycles. The van der Waals surface area contributed by atoms with Crippen molar-refractivity contribution in [3.05, 3.63) is 40.5 Å². The van der Waals surface area contributed by atoms with Gasteiger partial charge in [0.1, 0.15) is 5.69 Å². The van der Waals surface area contributed by atoms with Crippen LogP contribution in [-0.4, -0.2) is 30.6 Å². The van der Waals surface area contributed by atoms with Gasteiger partial charge in [0.05, 0.1) is 16.5 Å². The minimum atomic E-state index is -1.59. The molecule has 0 saturated heterocycles. The maximum absolute atomic E-state index is 11.5. The molecule has 2 aromatic rings. The van der Waals surface area contributed by atoms with Crippen LogP contribution in [0.15, 0.2) is 29.4 Å². The van der Waals surface area contributed by atoms with Gasteiger partial charge >= 0.3 is 5.97 Å². The van der Waals surface area contributed by atoms with E-state index in [4.69, 9.17) is 9.22 Å². The Bertz CT molecular complexity index is 737. The van der Waals surface area contributed by atoms with Crippen molar-refractivity contribution in [1.29, 1.82) is 0 Å². The lowest BCUT2D eigenvalue weighted by atomic mass is 10.4. The summed E-state index contributed by atoms with van der Waals surface area (Å²) in [6.07, 6.45) is 0.488. The molecule has 0 unspecified atom stereocenters. The molecule has 0 radical (unpaired) electrons. The summed E-state index contributed by atoms with van der Waals surface area (Å²) in [6, 6.07) is -0.796. The SMILES string of the molecule is [2H]c1nn(C)cc1-n1nc(C(=O)O)c(=O)c([2H])c1[2H]. The summed E-state index contributed by atoms with van der Waals surface area (Å²) >= 11 is 0. The molecule has 7 heteroatoms. The third kappa shape index (κ3) is 1.70. The molecule has 2 heterocycles. The number of aromatic carboxylic acids is 1. The molecule has 2 aromatic heterocycles. The van der Waals surface area contributed by atoms with Gasteiger partial charge in [0.15, 0.2) is 0 Å². The Morgan fingerprint density at radius 3 is 2.94 bits per heavy atom. The Kier molecular flexibility index (Phi) is 1.57. The van der Waals surface area contributed by atoms with Gasteiger partial charge in [0, 0.05) is 19.3 Å². The van der Waals surface area contributed by atoms with Gasteiger partial charge in [-0.05, 0) is 0 Å². The molecule has 0 bridgehead atoms. The van der Waals surface area contributed by atoms with Crippen molar-refractivity contribution < 1.29 is 14.0 Å². The maximum atomic E-state index is 11.5. The number of carbonyl (C=O) groups is 1. The van der Waals surface area contributed by atoms with Crippen LogP contribution in [0, 0.1) is 0 Å². The molecule has 0 aromatic carbocycles. The smallest absolute Gasteiger partial charge is 0.360 e. The Morgan fingerprint density at radius 2 is 2.38 bits per heavy atom. The van der Waals surface area contributed by atoms with E-state index in [1.165, 1.54) is 17.9 Å². The van der Waals surface area contributed by atoms with E-state index in [1.54, 1.807) is 0 Å². The Morgan fingerprint density at radius 1 is 1.62 bits per heavy atom. The fraction of sp³-hybridized carbons (Fsp3) is 0.111. The summed E-state index contributed by atoms with van der Waals surface area (Å²) in [5.41, 5.74) is -1.99. The number of carboxylic acid groups (broad SMARTS) is 1. The van der Waals surface area contributed by atoms with Gasteiger partial charge in [0.2, 0.25) is 11.1 Å². The summed E-state index contributed by atoms with van der Waals surface area (Å²) < 4.78 is 24.6. The quantitative estimate of drug-likeness (QED) is 0.752. The lowest BCUT2D eigenvalue weighted by Gasteiger charge is -2.01. The lowest BCUT2D eigenvalue weighted by Crippen LogP contribution is -2.20. The highest BCUT2D eigenvalue weighted by molar-refractivity contribution is 5.84. The van der Waals surface area contributed by atoms with Crippen molar-refractivity contribution in [3.8, 4) is 5.69 Å². The number of hydrogen-bond acceptors (Lipinski definition) is 4. The number of aromatic nitrogens is 4. The first kappa shape index (κ1) is 6.94. The van der Waals surface area contributed by atoms with Crippen LogP contribution in [0.1, 0.15) is 14.6 Å². The summed E-state index contributed by atoms with van der Waals surface area (Å²) in [5.74, 6) is -1.59. The first-order chi connectivity index (χ1) is 8.82. The molecule has 0 atom stereocenters. The standard InChI is InChI=1S/C9H8N4O3/c1-12-5-6(4-10-12)13-3-2-7(14)8(11-13)9(15)16/h2-5H,1H3,(H,15,16)/i2D,3D,4D. The number of carboxylic acids is 1. The predicted molar refractivity (Wildman–Crippen MR) is 53.6 cm³/mol. The first-order valence-electron chi connectivity index (χ1n) is 5.67. The highest BCUT2D eigenvalue weighted by atomic mass is 16.4. The van der Waals surface area contributed by atoms with Gasteiger partial charge in [-0.1, -0.05) is 0 Å². The number of hydrogen-bond donors (Lipinski definition) is 1. The van der Waals surface area contributed by atoms with Crippen molar-refractivity contribution in [3.63, 3.8) is 0 Å². The van der Waals surface area contributed by atoms with E-state index in [1.807, 2.05) is 0 Å². The van der Waals surface area contributed by atoms with Crippen LogP contribution in [-0.2, 0) is 7.05 Å². The third-order valence-electron chi connectivity index (χ3n) is 1.75. The molecule has 0 aliphatic heterocycles. The fourth-order valence-electron chi connectivity index (χ4n) is 1.05. The van der Waals surface area contributed by atoms with Crippen LogP contribution in [0.25, 0.3) is 5.69 Å². The minimum Gasteiger partial charge on any atom is -0.476 e. The van der Waals surface area contributed by atoms with Crippen molar-refractivity contribution in [2.24, 2.45) is 7.05 Å². The van der Waals surface area contributed by atoms with E-state index < -0.39 is 29.3 Å². The molecule has 82 valence electrons. The zero-order chi connectivity index (χ0) is 14.3. The molecule has 0 fully saturated rings. The van der Waals surface area contributed by atoms with Crippen LogP contribution in [0.4, 0.5) is 0 Å². The highest BCUT2D eigenvalue weighted by Gasteiger charge is 2.11. The number of rotatable bonds is 2. The molecule has 16 heavy (non-hydrogen) atoms. The molecule has 0 aliphatic rings. The van der Waals surface area contributed by atoms with Crippen LogP contribution >= 0.6 is 0 Å². The molecule has 0 amide bonds. The Labute approximate surface area is 93.8 Å². The molecule has 2 rings (SSSR count). The average molecular weight is 223 g/mol. The summed E-state index contributed by atoms with van der Waals surface area (Å²) in [4.78, 5) is 22.3. The lowest BCUT2D eigenvalue weighted by molar-refractivity contribution is 0.0687. The van der Waals surface area contributed by atoms with Crippen molar-refractivity contribution in [2.45, 2.75) is 0 Å². The topological polar surface area (TPSA) is 90.0 Å². The molecule has 1 N–H and O–H groups in total. The van der Waals surface area contributed by atoms with E-state index in [9.17, 15) is 9.59 Å². The number of aryl methyl sites for hydroxylation is 1. The second kappa shape index (κ2) is 3.61. The maximum Gasteiger partial charge on any atom is 0.360 e. The minimum absolute atomic E-state index is 0.0171. The molecular formula is C9H8N4O3. The second-order valence-electron chi connectivity index (χ2n) is 2.93. The van der Waals surface area contributed by atoms with Crippen molar-refractivity contribution in [2.75, 3.05) is 0 Å². The van der Waals surface area contributed by atoms with E-state index in [2.05, 4.69) is 10.2 Å². The van der Waals surface area contributed by atoms with E-state index in [-0.39, 0.29) is 11.9 Å². The molecular weight excluding hydrogens is 212 g/mol. The van der Waals surface area contributed by atoms with Crippen molar-refractivity contribution in [1.82, 2.24) is 19.6 Å². The summed E-state index contributed by atoms with van der Waals surface area (Å²) in [6.45, 7) is 0. The van der Waals surface area contributed by atoms with Gasteiger partial charge < -0.3 is 5.11 Å². The van der Waals surface area contributed by atoms with Crippen LogP contribution in [0.2, 0.25) is 0 Å². The van der Waals surface area contributed by atoms with Gasteiger partial charge in [-0.25, -0.2) is 9.48 Å². The Balaban J connectivity index is 2.81. The summed E-state index contributed by atoms with van der Waals surface area (Å²) in [5, 5.41) is 16.0. The van der Waals surface area contributed by atoms with Gasteiger partial charge in [-0.15, -0.1) is 0 Å². The van der Waals surface area contributed by atoms with E-state index in [0.717, 1.165) is 4.68 Å². The number of nitrogens with zero attached hydrogens (tertiary/aromatic N) is 4. The largest absolute Gasteiger partial charge is 0.476 e. The Hall–Kier alpha value is -2.44. The normalized spacial score (nSPS) is 12.9. The highest BCUT2D eigenvalue weighted by Crippen LogP contribution is 2.02. The fourth-order valence-corrected chi connectivity index (χ4v) is 1.05. The van der Waals surface area contributed by atoms with Crippen molar-refractivity contribution >= 4 is 5.97 Å². The van der Waals surface area contributed by atoms with E-state index >= 15 is 0 Å². The predicted octanol–water partition coefficient (Wildman–Crippen LogP) is -0.336. The first-order valence-corrected chi connectivity index (χ1v) is 4.17. The molecule has 0 saturated carbocycles. The second-order valence-corrected chi connectivity index (χ2v) is 2.93. The van der Waals surface area contributed by atoms with Gasteiger partial charge in [-0.2, -0.15) is 10.2 Å². The zero-order valence-electron chi connectivity index (χ0n) is 11.1.